The van der Waals surface area contributed by atoms with E-state index in [0.29, 0.717) is 0 Å². The summed E-state index contributed by atoms with van der Waals surface area (Å²) in [6, 6.07) is 0. The molecule has 0 aromatic heterocycles. The molecule has 0 bridgehead atoms. The maximum atomic E-state index is 9.56. The molecule has 29 heavy (non-hydrogen) atoms. The molecule has 0 amide bonds. The van der Waals surface area contributed by atoms with Crippen LogP contribution in [0.5, 0.6) is 0 Å². The van der Waals surface area contributed by atoms with Crippen LogP contribution in [0.25, 0.3) is 0 Å². The number of rotatable bonds is 4. The maximum Gasteiger partial charge on any atom is 4.00 e. The van der Waals surface area contributed by atoms with Crippen LogP contribution in [0, 0.1) is 0 Å². The van der Waals surface area contributed by atoms with Crippen molar-refractivity contribution in [1.82, 2.24) is 0 Å². The molecule has 0 aliphatic rings. The van der Waals surface area contributed by atoms with E-state index in [1.165, 1.54) is 0 Å². The average Bonchev–Trinajstić information content (AvgIpc) is 2.40. The molecule has 0 aliphatic heterocycles. The number of carbonyl (C=O) groups is 4. The SMILES string of the molecule is CC([O-])C(=O)[O-].CC([O-])C(=O)[O-].CC([O-])C(=O)[O-].CC([O-])C(=O)[O-].[Na+].[Na+].[Na+].[Na+].[Zr+4]. The average molecular weight is 535 g/mol. The minimum atomic E-state index is -1.59. The summed E-state index contributed by atoms with van der Waals surface area (Å²) in [5, 5.41) is 75.4. The molecule has 0 aromatic rings. The Balaban J connectivity index is -0.0000000248. The Hall–Kier alpha value is 2.60. The van der Waals surface area contributed by atoms with Crippen molar-refractivity contribution in [2.45, 2.75) is 52.1 Å². The summed E-state index contributed by atoms with van der Waals surface area (Å²) in [6.45, 7) is 4.09. The van der Waals surface area contributed by atoms with Crippen molar-refractivity contribution in [3.8, 4) is 0 Å². The normalized spacial score (nSPS) is 11.3. The molecule has 0 radical (unpaired) electrons. The van der Waals surface area contributed by atoms with Crippen molar-refractivity contribution >= 4 is 23.9 Å². The van der Waals surface area contributed by atoms with Crippen LogP contribution in [0.1, 0.15) is 27.7 Å². The second kappa shape index (κ2) is 37.9. The molecule has 0 heterocycles. The summed E-state index contributed by atoms with van der Waals surface area (Å²) in [6.07, 6.45) is -6.37. The zero-order chi connectivity index (χ0) is 20.6. The van der Waals surface area contributed by atoms with Crippen molar-refractivity contribution < 1.29 is 204 Å². The number of carbonyl (C=O) groups excluding carboxylic acids is 4. The van der Waals surface area contributed by atoms with Gasteiger partial charge >= 0.3 is 144 Å². The van der Waals surface area contributed by atoms with Gasteiger partial charge in [-0.15, -0.1) is 0 Å². The first-order chi connectivity index (χ1) is 10.6. The molecule has 0 spiro atoms. The van der Waals surface area contributed by atoms with E-state index in [0.717, 1.165) is 27.7 Å². The van der Waals surface area contributed by atoms with Gasteiger partial charge in [0.15, 0.2) is 0 Å². The van der Waals surface area contributed by atoms with Crippen LogP contribution in [-0.4, -0.2) is 48.3 Å². The van der Waals surface area contributed by atoms with Crippen LogP contribution >= 0.6 is 0 Å². The number of carboxylic acid groups (broad SMARTS) is 4. The molecular formula is C12H16Na4O12Zr. The molecule has 0 aliphatic carbocycles. The summed E-state index contributed by atoms with van der Waals surface area (Å²) in [5.41, 5.74) is 0. The van der Waals surface area contributed by atoms with E-state index in [9.17, 15) is 60.0 Å². The molecule has 17 heteroatoms. The van der Waals surface area contributed by atoms with Crippen molar-refractivity contribution in [2.24, 2.45) is 0 Å². The second-order valence-electron chi connectivity index (χ2n) is 3.85. The Labute approximate surface area is 276 Å². The van der Waals surface area contributed by atoms with E-state index in [2.05, 4.69) is 0 Å². The predicted octanol–water partition coefficient (Wildman–Crippen LogP) is -22.0. The van der Waals surface area contributed by atoms with Gasteiger partial charge in [0, 0.05) is 23.9 Å². The molecule has 12 nitrogen and oxygen atoms in total. The van der Waals surface area contributed by atoms with Gasteiger partial charge in [0.05, 0.1) is 0 Å². The van der Waals surface area contributed by atoms with E-state index in [1.54, 1.807) is 0 Å². The zero-order valence-electron chi connectivity index (χ0n) is 17.7. The molecule has 4 atom stereocenters. The number of carboxylic acids is 4. The summed E-state index contributed by atoms with van der Waals surface area (Å²) in [4.78, 5) is 37.1. The fourth-order valence-electron chi connectivity index (χ4n) is 0. The molecule has 0 N–H and O–H groups in total. The third-order valence-corrected chi connectivity index (χ3v) is 1.33. The van der Waals surface area contributed by atoms with Gasteiger partial charge in [-0.05, 0) is 0 Å². The van der Waals surface area contributed by atoms with Crippen LogP contribution in [0.15, 0.2) is 0 Å². The third-order valence-electron chi connectivity index (χ3n) is 1.33. The number of hydrogen-bond acceptors (Lipinski definition) is 12. The summed E-state index contributed by atoms with van der Waals surface area (Å²) >= 11 is 0. The van der Waals surface area contributed by atoms with Crippen molar-refractivity contribution in [1.29, 1.82) is 0 Å². The molecule has 4 unspecified atom stereocenters. The molecule has 0 aromatic carbocycles. The van der Waals surface area contributed by atoms with Gasteiger partial charge in [-0.3, -0.25) is 0 Å². The van der Waals surface area contributed by atoms with Crippen molar-refractivity contribution in [3.05, 3.63) is 0 Å². The van der Waals surface area contributed by atoms with Crippen LogP contribution in [0.4, 0.5) is 0 Å². The minimum absolute atomic E-state index is 0. The van der Waals surface area contributed by atoms with E-state index in [1.807, 2.05) is 0 Å². The van der Waals surface area contributed by atoms with Gasteiger partial charge in [-0.2, -0.15) is 0 Å². The van der Waals surface area contributed by atoms with Gasteiger partial charge in [-0.1, -0.05) is 52.1 Å². The van der Waals surface area contributed by atoms with Crippen LogP contribution in [-0.2, 0) is 45.4 Å². The summed E-state index contributed by atoms with van der Waals surface area (Å²) < 4.78 is 0. The molecule has 0 saturated carbocycles. The Kier molecular flexibility index (Phi) is 75.7. The fraction of sp³-hybridized carbons (Fsp3) is 0.667. The quantitative estimate of drug-likeness (QED) is 0.304. The monoisotopic (exact) mass is 534 g/mol. The van der Waals surface area contributed by atoms with Crippen LogP contribution in [0.2, 0.25) is 0 Å². The van der Waals surface area contributed by atoms with Gasteiger partial charge in [0.1, 0.15) is 0 Å². The predicted molar refractivity (Wildman–Crippen MR) is 57.9 cm³/mol. The van der Waals surface area contributed by atoms with Crippen molar-refractivity contribution in [2.75, 3.05) is 0 Å². The largest absolute Gasteiger partial charge is 4.00 e. The molecular weight excluding hydrogens is 519 g/mol. The van der Waals surface area contributed by atoms with E-state index in [4.69, 9.17) is 0 Å². The first-order valence-electron chi connectivity index (χ1n) is 6.04. The maximum absolute atomic E-state index is 9.56. The van der Waals surface area contributed by atoms with Crippen LogP contribution < -0.4 is 159 Å². The van der Waals surface area contributed by atoms with Gasteiger partial charge < -0.3 is 60.0 Å². The van der Waals surface area contributed by atoms with Crippen LogP contribution in [0.3, 0.4) is 0 Å². The molecule has 0 saturated heterocycles. The van der Waals surface area contributed by atoms with Gasteiger partial charge in [0.25, 0.3) is 0 Å². The minimum Gasteiger partial charge on any atom is -0.848 e. The summed E-state index contributed by atoms with van der Waals surface area (Å²) in [5.74, 6) is -6.19. The number of hydrogen-bond donors (Lipinski definition) is 0. The Morgan fingerprint density at radius 1 is 0.448 bits per heavy atom. The second-order valence-corrected chi connectivity index (χ2v) is 3.85. The Morgan fingerprint density at radius 2 is 0.483 bits per heavy atom. The van der Waals surface area contributed by atoms with Gasteiger partial charge in [-0.25, -0.2) is 0 Å². The fourth-order valence-corrected chi connectivity index (χ4v) is 0. The molecule has 0 fully saturated rings. The smallest absolute Gasteiger partial charge is 0.848 e. The summed E-state index contributed by atoms with van der Waals surface area (Å²) in [7, 11) is 0. The molecule has 144 valence electrons. The first-order valence-corrected chi connectivity index (χ1v) is 6.04. The van der Waals surface area contributed by atoms with Crippen molar-refractivity contribution in [3.63, 3.8) is 0 Å². The topological polar surface area (TPSA) is 253 Å². The van der Waals surface area contributed by atoms with E-state index >= 15 is 0 Å². The van der Waals surface area contributed by atoms with E-state index in [-0.39, 0.29) is 144 Å². The third kappa shape index (κ3) is 72.3. The zero-order valence-corrected chi connectivity index (χ0v) is 28.2. The van der Waals surface area contributed by atoms with E-state index < -0.39 is 48.3 Å². The Morgan fingerprint density at radius 3 is 0.483 bits per heavy atom. The first kappa shape index (κ1) is 57.9. The molecule has 0 rings (SSSR count). The standard InChI is InChI=1S/4C3H5O3.4Na.Zr/c4*1-2(4)3(5)6;;;;;/h4*2H,1H3,(H,5,6);;;;;/q4*-1;4*+1;+4/p-4. The van der Waals surface area contributed by atoms with Gasteiger partial charge in [0.2, 0.25) is 0 Å². The Bertz CT molecular complexity index is 323. The number of aliphatic carboxylic acids is 4.